The highest BCUT2D eigenvalue weighted by Gasteiger charge is 2.50. The van der Waals surface area contributed by atoms with E-state index in [9.17, 15) is 33.5 Å². The van der Waals surface area contributed by atoms with Crippen LogP contribution in [0.15, 0.2) is 77.8 Å². The molecule has 378 valence electrons. The second-order valence-electron chi connectivity index (χ2n) is 21.3. The van der Waals surface area contributed by atoms with Crippen molar-refractivity contribution in [2.75, 3.05) is 43.1 Å². The number of H-pyrrole nitrogens is 1. The number of hydrogen-bond acceptors (Lipinski definition) is 14. The molecule has 0 radical (unpaired) electrons. The van der Waals surface area contributed by atoms with Gasteiger partial charge in [-0.2, -0.15) is 4.98 Å². The van der Waals surface area contributed by atoms with E-state index in [0.29, 0.717) is 54.7 Å². The lowest BCUT2D eigenvalue weighted by Gasteiger charge is -2.56. The van der Waals surface area contributed by atoms with Crippen molar-refractivity contribution in [1.82, 2.24) is 19.6 Å². The van der Waals surface area contributed by atoms with Crippen LogP contribution in [0.5, 0.6) is 23.1 Å². The van der Waals surface area contributed by atoms with Crippen LogP contribution in [0.25, 0.3) is 11.0 Å². The number of nitrogens with one attached hydrogen (secondary N) is 3. The number of nitro benzene ring substituents is 1. The maximum Gasteiger partial charge on any atom is 0.297 e. The number of nitrogens with zero attached hydrogens (tertiary/aromatic N) is 4. The van der Waals surface area contributed by atoms with Gasteiger partial charge in [-0.15, -0.1) is 0 Å². The Labute approximate surface area is 414 Å². The van der Waals surface area contributed by atoms with Crippen molar-refractivity contribution in [3.8, 4) is 23.1 Å². The number of piperidine rings is 1. The molecule has 5 aromatic rings. The number of benzene rings is 3. The van der Waals surface area contributed by atoms with Gasteiger partial charge in [0.25, 0.3) is 27.5 Å². The molecule has 2 aliphatic carbocycles. The van der Waals surface area contributed by atoms with Gasteiger partial charge >= 0.3 is 0 Å². The van der Waals surface area contributed by atoms with Crippen LogP contribution >= 0.6 is 0 Å². The summed E-state index contributed by atoms with van der Waals surface area (Å²) in [5.74, 6) is -0.290. The highest BCUT2D eigenvalue weighted by atomic mass is 32.2. The van der Waals surface area contributed by atoms with Gasteiger partial charge in [0, 0.05) is 60.6 Å². The van der Waals surface area contributed by atoms with Crippen molar-refractivity contribution in [1.29, 1.82) is 0 Å². The van der Waals surface area contributed by atoms with Crippen molar-refractivity contribution in [2.45, 2.75) is 133 Å². The molecule has 2 saturated carbocycles. The van der Waals surface area contributed by atoms with Crippen LogP contribution in [0.2, 0.25) is 0 Å². The maximum atomic E-state index is 14.3. The number of hydrogen-bond donors (Lipinski definition) is 5. The number of ether oxygens (including phenoxy) is 3. The number of sulfonamides is 1. The average molecular weight is 992 g/mol. The van der Waals surface area contributed by atoms with E-state index in [0.717, 1.165) is 57.1 Å². The van der Waals surface area contributed by atoms with Crippen LogP contribution < -0.4 is 29.1 Å². The van der Waals surface area contributed by atoms with E-state index in [1.54, 1.807) is 44.3 Å². The summed E-state index contributed by atoms with van der Waals surface area (Å²) >= 11 is 0. The van der Waals surface area contributed by atoms with E-state index >= 15 is 0 Å². The van der Waals surface area contributed by atoms with Crippen LogP contribution in [0.4, 0.5) is 17.1 Å². The minimum Gasteiger partial charge on any atom is -0.489 e. The molecule has 0 bridgehead atoms. The van der Waals surface area contributed by atoms with Crippen molar-refractivity contribution < 1.29 is 42.6 Å². The van der Waals surface area contributed by atoms with Gasteiger partial charge in [0.1, 0.15) is 24.6 Å². The molecule has 3 atom stereocenters. The molecule has 5 aliphatic rings. The summed E-state index contributed by atoms with van der Waals surface area (Å²) in [4.78, 5) is 38.3. The lowest BCUT2D eigenvalue weighted by molar-refractivity contribution is -0.384. The molecule has 1 amide bonds. The molecular formula is C53H65N7O10S. The molecule has 2 aromatic heterocycles. The van der Waals surface area contributed by atoms with Gasteiger partial charge in [0.15, 0.2) is 17.2 Å². The normalized spacial score (nSPS) is 23.9. The number of rotatable bonds is 14. The first kappa shape index (κ1) is 48.7. The quantitative estimate of drug-likeness (QED) is 0.0518. The van der Waals surface area contributed by atoms with Gasteiger partial charge in [0.2, 0.25) is 0 Å². The molecule has 3 aromatic carbocycles. The number of anilines is 2. The van der Waals surface area contributed by atoms with Crippen LogP contribution in [0, 0.1) is 21.4 Å². The molecule has 2 saturated heterocycles. The first-order chi connectivity index (χ1) is 33.9. The summed E-state index contributed by atoms with van der Waals surface area (Å²) in [6, 6.07) is 20.3. The van der Waals surface area contributed by atoms with Gasteiger partial charge in [-0.05, 0) is 137 Å². The van der Waals surface area contributed by atoms with Gasteiger partial charge in [-0.25, -0.2) is 13.1 Å². The topological polar surface area (TPSA) is 222 Å². The Morgan fingerprint density at radius 1 is 1.00 bits per heavy atom. The van der Waals surface area contributed by atoms with Crippen molar-refractivity contribution in [3.63, 3.8) is 0 Å². The Kier molecular flexibility index (Phi) is 13.2. The zero-order valence-electron chi connectivity index (χ0n) is 40.9. The molecule has 17 nitrogen and oxygen atoms in total. The highest BCUT2D eigenvalue weighted by molar-refractivity contribution is 7.90. The highest BCUT2D eigenvalue weighted by Crippen LogP contribution is 2.54. The Bertz CT molecular complexity index is 2910. The number of carbonyl (C=O) groups is 1. The summed E-state index contributed by atoms with van der Waals surface area (Å²) in [6.45, 7) is 10.7. The predicted molar refractivity (Wildman–Crippen MR) is 269 cm³/mol. The summed E-state index contributed by atoms with van der Waals surface area (Å²) < 4.78 is 48.8. The molecule has 71 heavy (non-hydrogen) atoms. The predicted octanol–water partition coefficient (Wildman–Crippen LogP) is 8.97. The second kappa shape index (κ2) is 19.2. The van der Waals surface area contributed by atoms with Crippen LogP contribution in [0.1, 0.15) is 125 Å². The number of aromatic amines is 1. The zero-order valence-corrected chi connectivity index (χ0v) is 41.7. The molecule has 5 N–H and O–H groups in total. The molecule has 0 unspecified atom stereocenters. The number of likely N-dealkylation sites (tertiary alicyclic amines) is 1. The van der Waals surface area contributed by atoms with E-state index < -0.39 is 43.1 Å². The number of amides is 1. The van der Waals surface area contributed by atoms with Crippen LogP contribution in [-0.2, 0) is 10.0 Å². The fraction of sp³-hybridized carbons (Fsp3) is 0.509. The molecule has 4 fully saturated rings. The van der Waals surface area contributed by atoms with Gasteiger partial charge in [-0.3, -0.25) is 19.8 Å². The Hall–Kier alpha value is -5.95. The van der Waals surface area contributed by atoms with E-state index in [1.165, 1.54) is 36.1 Å². The van der Waals surface area contributed by atoms with Crippen molar-refractivity contribution in [3.05, 3.63) is 99.7 Å². The maximum absolute atomic E-state index is 14.3. The number of carbonyl (C=O) groups excluding carboxylic acids is 1. The molecular weight excluding hydrogens is 927 g/mol. The first-order valence-corrected chi connectivity index (χ1v) is 26.6. The number of pyridine rings is 1. The van der Waals surface area contributed by atoms with E-state index in [2.05, 4.69) is 67.9 Å². The fourth-order valence-electron chi connectivity index (χ4n) is 11.8. The number of aliphatic hydroxyl groups excluding tert-OH is 1. The third-order valence-corrected chi connectivity index (χ3v) is 17.1. The SMILES string of the molecule is CC(C)c1ccccc1[C@@H]1CCCN1C1CC2(CCN(c3ccc(C(=O)NS(=O)(=O)c4cc5c(c([N+](=O)[O-])c4)N[C@@H](C4CCC(C)(O)CC4)CO5)c(Oc4cc5cc[nH]c5nc4OC[C@H](C)O)c3)CC2)C1. The van der Waals surface area contributed by atoms with Gasteiger partial charge in [0.05, 0.1) is 33.1 Å². The van der Waals surface area contributed by atoms with Crippen LogP contribution in [0.3, 0.4) is 0 Å². The fourth-order valence-corrected chi connectivity index (χ4v) is 12.8. The van der Waals surface area contributed by atoms with Gasteiger partial charge < -0.3 is 39.6 Å². The largest absolute Gasteiger partial charge is 0.489 e. The summed E-state index contributed by atoms with van der Waals surface area (Å²) in [7, 11) is -4.74. The Morgan fingerprint density at radius 3 is 2.49 bits per heavy atom. The summed E-state index contributed by atoms with van der Waals surface area (Å²) in [5, 5.41) is 37.0. The third kappa shape index (κ3) is 10.00. The number of nitro groups is 1. The Morgan fingerprint density at radius 2 is 1.76 bits per heavy atom. The molecule has 10 rings (SSSR count). The van der Waals surface area contributed by atoms with Gasteiger partial charge in [-0.1, -0.05) is 38.1 Å². The smallest absolute Gasteiger partial charge is 0.297 e. The van der Waals surface area contributed by atoms with Crippen LogP contribution in [-0.4, -0.2) is 101 Å². The van der Waals surface area contributed by atoms with E-state index in [-0.39, 0.29) is 65.0 Å². The van der Waals surface area contributed by atoms with Crippen molar-refractivity contribution in [2.24, 2.45) is 11.3 Å². The Balaban J connectivity index is 0.891. The molecule has 1 spiro atoms. The molecule has 3 aliphatic heterocycles. The number of fused-ring (bicyclic) bond motifs is 2. The van der Waals surface area contributed by atoms with E-state index in [1.807, 2.05) is 0 Å². The number of aliphatic hydroxyl groups is 2. The minimum atomic E-state index is -4.74. The lowest BCUT2D eigenvalue weighted by Crippen LogP contribution is -2.54. The molecule has 5 heterocycles. The third-order valence-electron chi connectivity index (χ3n) is 15.8. The number of aromatic nitrogens is 2. The monoisotopic (exact) mass is 991 g/mol. The minimum absolute atomic E-state index is 0.0229. The lowest BCUT2D eigenvalue weighted by atomic mass is 9.59. The zero-order chi connectivity index (χ0) is 49.8. The summed E-state index contributed by atoms with van der Waals surface area (Å²) in [6.07, 6.45) is 10.2. The second-order valence-corrected chi connectivity index (χ2v) is 23.0. The van der Waals surface area contributed by atoms with E-state index in [4.69, 9.17) is 14.2 Å². The standard InChI is InChI=1S/C53H65N7O10S/c1-32(2)39-8-5-6-9-40(39)43-10-7-21-59(43)37-28-53(29-37)18-22-58(23-19-53)36-11-12-41(45(25-36)70-47-24-35-15-20-54-49(35)56-51(47)69-30-33(3)61)50(62)57-71(66,67)38-26-44(60(64)65)48-46(27-38)68-31-42(55-48)34-13-16-52(4,63)17-14-34/h5-6,8-9,11-12,15,20,24-27,32-34,37,42-43,55,61,63H,7,10,13-14,16-19,21-23,28-31H2,1-4H3,(H,54,56)(H,57,62)/t33-,34?,42+,43-,52?/m0/s1. The average Bonchev–Trinajstić information content (AvgIpc) is 4.02. The van der Waals surface area contributed by atoms with Crippen molar-refractivity contribution >= 4 is 44.0 Å². The first-order valence-electron chi connectivity index (χ1n) is 25.2. The molecule has 18 heteroatoms. The summed E-state index contributed by atoms with van der Waals surface area (Å²) in [5.41, 5.74) is 3.12.